The molecule has 0 aliphatic carbocycles. The molecule has 2 aliphatic rings. The smallest absolute Gasteiger partial charge is 0.171 e. The second-order valence-electron chi connectivity index (χ2n) is 7.18. The minimum absolute atomic E-state index is 0.0786. The molecule has 0 bridgehead atoms. The summed E-state index contributed by atoms with van der Waals surface area (Å²) >= 11 is 12.4. The molecule has 4 nitrogen and oxygen atoms in total. The lowest BCUT2D eigenvalue weighted by Crippen LogP contribution is -2.45. The molecule has 2 aromatic carbocycles. The Hall–Kier alpha value is -1.46. The van der Waals surface area contributed by atoms with Crippen molar-refractivity contribution in [1.29, 1.82) is 0 Å². The van der Waals surface area contributed by atoms with Crippen LogP contribution in [0.25, 0.3) is 0 Å². The summed E-state index contributed by atoms with van der Waals surface area (Å²) in [7, 11) is 0. The van der Waals surface area contributed by atoms with Gasteiger partial charge in [-0.05, 0) is 42.8 Å². The third kappa shape index (κ3) is 4.19. The lowest BCUT2D eigenvalue weighted by atomic mass is 10.0. The molecule has 0 amide bonds. The van der Waals surface area contributed by atoms with Crippen LogP contribution in [0, 0.1) is 0 Å². The van der Waals surface area contributed by atoms with Gasteiger partial charge in [-0.3, -0.25) is 0 Å². The van der Waals surface area contributed by atoms with Crippen LogP contribution in [0.4, 0.5) is 11.4 Å². The number of rotatable bonds is 4. The van der Waals surface area contributed by atoms with E-state index in [4.69, 9.17) is 32.7 Å². The Morgan fingerprint density at radius 3 is 2.48 bits per heavy atom. The van der Waals surface area contributed by atoms with Gasteiger partial charge in [-0.15, -0.1) is 0 Å². The van der Waals surface area contributed by atoms with E-state index >= 15 is 0 Å². The van der Waals surface area contributed by atoms with Crippen molar-refractivity contribution in [3.05, 3.63) is 58.1 Å². The largest absolute Gasteiger partial charge is 0.378 e. The van der Waals surface area contributed by atoms with Gasteiger partial charge < -0.3 is 19.7 Å². The van der Waals surface area contributed by atoms with E-state index in [9.17, 15) is 0 Å². The van der Waals surface area contributed by atoms with Crippen molar-refractivity contribution in [1.82, 2.24) is 0 Å². The van der Waals surface area contributed by atoms with Crippen molar-refractivity contribution in [2.75, 3.05) is 36.5 Å². The molecule has 0 saturated carbocycles. The van der Waals surface area contributed by atoms with E-state index in [0.717, 1.165) is 37.2 Å². The van der Waals surface area contributed by atoms with Gasteiger partial charge in [0.05, 0.1) is 13.2 Å². The minimum Gasteiger partial charge on any atom is -0.378 e. The van der Waals surface area contributed by atoms with Crippen molar-refractivity contribution in [3.8, 4) is 0 Å². The predicted molar refractivity (Wildman–Crippen MR) is 111 cm³/mol. The number of hydrogen-bond acceptors (Lipinski definition) is 4. The quantitative estimate of drug-likeness (QED) is 0.725. The van der Waals surface area contributed by atoms with Crippen LogP contribution in [0.1, 0.15) is 31.4 Å². The van der Waals surface area contributed by atoms with E-state index in [-0.39, 0.29) is 11.8 Å². The number of halogens is 2. The number of piperidine rings is 1. The maximum absolute atomic E-state index is 6.35. The second kappa shape index (κ2) is 7.88. The van der Waals surface area contributed by atoms with Gasteiger partial charge in [-0.2, -0.15) is 0 Å². The highest BCUT2D eigenvalue weighted by Gasteiger charge is 2.39. The first kappa shape index (κ1) is 18.9. The van der Waals surface area contributed by atoms with Crippen LogP contribution in [0.5, 0.6) is 0 Å². The SMILES string of the molecule is C[C@@H](Nc1cccc(N2CCC3(CC2)OCCO3)c1)c1ccc(Cl)cc1Cl. The molecule has 2 heterocycles. The van der Waals surface area contributed by atoms with Gasteiger partial charge in [0.15, 0.2) is 5.79 Å². The molecular weight excluding hydrogens is 383 g/mol. The van der Waals surface area contributed by atoms with E-state index in [2.05, 4.69) is 41.4 Å². The maximum Gasteiger partial charge on any atom is 0.171 e. The third-order valence-corrected chi connectivity index (χ3v) is 5.92. The molecule has 1 atom stereocenters. The Morgan fingerprint density at radius 1 is 1.04 bits per heavy atom. The Bertz CT molecular complexity index is 799. The predicted octanol–water partition coefficient (Wildman–Crippen LogP) is 5.51. The standard InChI is InChI=1S/C21H24Cl2N2O2/c1-15(19-6-5-16(22)13-20(19)23)24-17-3-2-4-18(14-17)25-9-7-21(8-10-25)26-11-12-27-21/h2-6,13-15,24H,7-12H2,1H3/t15-/m1/s1. The van der Waals surface area contributed by atoms with E-state index in [0.29, 0.717) is 23.3 Å². The van der Waals surface area contributed by atoms with Crippen molar-refractivity contribution in [3.63, 3.8) is 0 Å². The van der Waals surface area contributed by atoms with Crippen LogP contribution in [0.3, 0.4) is 0 Å². The van der Waals surface area contributed by atoms with Gasteiger partial charge in [-0.1, -0.05) is 35.3 Å². The molecule has 4 rings (SSSR count). The normalized spacial score (nSPS) is 20.0. The zero-order valence-corrected chi connectivity index (χ0v) is 16.9. The monoisotopic (exact) mass is 406 g/mol. The van der Waals surface area contributed by atoms with Gasteiger partial charge in [-0.25, -0.2) is 0 Å². The molecule has 144 valence electrons. The van der Waals surface area contributed by atoms with E-state index in [1.165, 1.54) is 5.69 Å². The first-order chi connectivity index (χ1) is 13.0. The first-order valence-corrected chi connectivity index (χ1v) is 10.1. The van der Waals surface area contributed by atoms with Gasteiger partial charge in [0, 0.05) is 53.4 Å². The van der Waals surface area contributed by atoms with Crippen molar-refractivity contribution in [2.24, 2.45) is 0 Å². The highest BCUT2D eigenvalue weighted by molar-refractivity contribution is 6.35. The fourth-order valence-corrected chi connectivity index (χ4v) is 4.44. The van der Waals surface area contributed by atoms with Gasteiger partial charge in [0.1, 0.15) is 0 Å². The molecule has 0 radical (unpaired) electrons. The van der Waals surface area contributed by atoms with Crippen LogP contribution in [0.15, 0.2) is 42.5 Å². The highest BCUT2D eigenvalue weighted by atomic mass is 35.5. The zero-order valence-electron chi connectivity index (χ0n) is 15.4. The lowest BCUT2D eigenvalue weighted by Gasteiger charge is -2.38. The summed E-state index contributed by atoms with van der Waals surface area (Å²) in [4.78, 5) is 2.39. The number of nitrogens with zero attached hydrogens (tertiary/aromatic N) is 1. The number of nitrogens with one attached hydrogen (secondary N) is 1. The maximum atomic E-state index is 6.35. The van der Waals surface area contributed by atoms with E-state index in [1.54, 1.807) is 6.07 Å². The summed E-state index contributed by atoms with van der Waals surface area (Å²) in [5.41, 5.74) is 3.31. The Kier molecular flexibility index (Phi) is 5.51. The van der Waals surface area contributed by atoms with Crippen molar-refractivity contribution >= 4 is 34.6 Å². The van der Waals surface area contributed by atoms with Gasteiger partial charge >= 0.3 is 0 Å². The van der Waals surface area contributed by atoms with Crippen molar-refractivity contribution < 1.29 is 9.47 Å². The Morgan fingerprint density at radius 2 is 1.78 bits per heavy atom. The summed E-state index contributed by atoms with van der Waals surface area (Å²) in [6, 6.07) is 14.2. The molecule has 1 N–H and O–H groups in total. The number of hydrogen-bond donors (Lipinski definition) is 1. The summed E-state index contributed by atoms with van der Waals surface area (Å²) < 4.78 is 11.7. The average Bonchev–Trinajstić information content (AvgIpc) is 3.10. The van der Waals surface area contributed by atoms with Crippen LogP contribution < -0.4 is 10.2 Å². The van der Waals surface area contributed by atoms with Gasteiger partial charge in [0.25, 0.3) is 0 Å². The molecule has 2 fully saturated rings. The Balaban J connectivity index is 1.43. The fourth-order valence-electron chi connectivity index (χ4n) is 3.86. The first-order valence-electron chi connectivity index (χ1n) is 9.39. The lowest BCUT2D eigenvalue weighted by molar-refractivity contribution is -0.169. The molecule has 0 unspecified atom stereocenters. The molecule has 0 aromatic heterocycles. The van der Waals surface area contributed by atoms with E-state index in [1.807, 2.05) is 12.1 Å². The molecular formula is C21H24Cl2N2O2. The molecule has 2 aliphatic heterocycles. The van der Waals surface area contributed by atoms with Crippen LogP contribution >= 0.6 is 23.2 Å². The third-order valence-electron chi connectivity index (χ3n) is 5.36. The summed E-state index contributed by atoms with van der Waals surface area (Å²) in [6.07, 6.45) is 1.81. The molecule has 6 heteroatoms. The number of anilines is 2. The van der Waals surface area contributed by atoms with E-state index < -0.39 is 0 Å². The molecule has 27 heavy (non-hydrogen) atoms. The minimum atomic E-state index is -0.341. The molecule has 2 saturated heterocycles. The summed E-state index contributed by atoms with van der Waals surface area (Å²) in [5, 5.41) is 4.87. The topological polar surface area (TPSA) is 33.7 Å². The molecule has 1 spiro atoms. The Labute approximate surface area is 170 Å². The molecule has 2 aromatic rings. The highest BCUT2D eigenvalue weighted by Crippen LogP contribution is 2.34. The second-order valence-corrected chi connectivity index (χ2v) is 8.02. The van der Waals surface area contributed by atoms with Crippen LogP contribution in [0.2, 0.25) is 10.0 Å². The van der Waals surface area contributed by atoms with Crippen LogP contribution in [-0.2, 0) is 9.47 Å². The average molecular weight is 407 g/mol. The number of ether oxygens (including phenoxy) is 2. The zero-order chi connectivity index (χ0) is 18.9. The summed E-state index contributed by atoms with van der Waals surface area (Å²) in [6.45, 7) is 5.39. The van der Waals surface area contributed by atoms with Gasteiger partial charge in [0.2, 0.25) is 0 Å². The number of benzene rings is 2. The summed E-state index contributed by atoms with van der Waals surface area (Å²) in [5.74, 6) is -0.341. The van der Waals surface area contributed by atoms with Crippen molar-refractivity contribution in [2.45, 2.75) is 31.6 Å². The van der Waals surface area contributed by atoms with Crippen LogP contribution in [-0.4, -0.2) is 32.1 Å². The fraction of sp³-hybridized carbons (Fsp3) is 0.429.